The molecule has 0 fully saturated rings. The van der Waals surface area contributed by atoms with Gasteiger partial charge in [-0.3, -0.25) is 4.99 Å². The van der Waals surface area contributed by atoms with E-state index in [1.807, 2.05) is 19.9 Å². The summed E-state index contributed by atoms with van der Waals surface area (Å²) in [6, 6.07) is 9.84. The number of halogens is 1. The summed E-state index contributed by atoms with van der Waals surface area (Å²) >= 11 is 0. The molecule has 0 amide bonds. The van der Waals surface area contributed by atoms with E-state index >= 15 is 0 Å². The van der Waals surface area contributed by atoms with E-state index in [4.69, 9.17) is 9.98 Å². The van der Waals surface area contributed by atoms with Gasteiger partial charge in [-0.2, -0.15) is 0 Å². The van der Waals surface area contributed by atoms with Crippen molar-refractivity contribution in [1.82, 2.24) is 0 Å². The molecule has 152 valence electrons. The van der Waals surface area contributed by atoms with Gasteiger partial charge in [-0.1, -0.05) is 44.9 Å². The van der Waals surface area contributed by atoms with Crippen molar-refractivity contribution in [2.24, 2.45) is 9.98 Å². The second-order valence-corrected chi connectivity index (χ2v) is 7.83. The van der Waals surface area contributed by atoms with E-state index < -0.39 is 0 Å². The largest absolute Gasteiger partial charge is 0.256 e. The standard InChI is InChI=1S/C26H31FN2/c1-7-10-16(4)24(9-3)28-18(6)26-21-12-11-20(14-25(21)29-26)22-15-23(27)17(5)13-19(22)8-2/h11-15H,7-10H2,1-6H3/b24-16+,28-18?. The van der Waals surface area contributed by atoms with Gasteiger partial charge in [-0.15, -0.1) is 0 Å². The van der Waals surface area contributed by atoms with Gasteiger partial charge in [0.15, 0.2) is 0 Å². The fourth-order valence-corrected chi connectivity index (χ4v) is 3.95. The highest BCUT2D eigenvalue weighted by atomic mass is 19.1. The Hall–Kier alpha value is -2.55. The number of nitrogens with zero attached hydrogens (tertiary/aromatic N) is 2. The molecule has 2 aromatic rings. The van der Waals surface area contributed by atoms with Gasteiger partial charge in [-0.05, 0) is 80.5 Å². The van der Waals surface area contributed by atoms with Gasteiger partial charge >= 0.3 is 0 Å². The molecule has 3 rings (SSSR count). The Morgan fingerprint density at radius 3 is 2.41 bits per heavy atom. The van der Waals surface area contributed by atoms with Crippen LogP contribution in [0.2, 0.25) is 0 Å². The van der Waals surface area contributed by atoms with Crippen LogP contribution in [0.4, 0.5) is 10.1 Å². The molecule has 1 aliphatic rings. The summed E-state index contributed by atoms with van der Waals surface area (Å²) < 4.78 is 14.2. The summed E-state index contributed by atoms with van der Waals surface area (Å²) in [4.78, 5) is 9.61. The van der Waals surface area contributed by atoms with Crippen LogP contribution in [-0.2, 0) is 6.42 Å². The van der Waals surface area contributed by atoms with Crippen molar-refractivity contribution in [2.45, 2.75) is 67.2 Å². The zero-order valence-corrected chi connectivity index (χ0v) is 18.5. The van der Waals surface area contributed by atoms with Gasteiger partial charge in [-0.25, -0.2) is 9.38 Å². The summed E-state index contributed by atoms with van der Waals surface area (Å²) in [5.74, 6) is -0.159. The molecule has 0 saturated heterocycles. The van der Waals surface area contributed by atoms with E-state index in [0.717, 1.165) is 65.0 Å². The number of hydrogen-bond acceptors (Lipinski definition) is 2. The number of aryl methyl sites for hydroxylation is 2. The topological polar surface area (TPSA) is 24.7 Å². The van der Waals surface area contributed by atoms with E-state index in [-0.39, 0.29) is 5.82 Å². The van der Waals surface area contributed by atoms with Crippen molar-refractivity contribution in [2.75, 3.05) is 0 Å². The Balaban J connectivity index is 1.92. The molecule has 0 N–H and O–H groups in total. The number of rotatable bonds is 7. The maximum absolute atomic E-state index is 14.2. The fourth-order valence-electron chi connectivity index (χ4n) is 3.95. The van der Waals surface area contributed by atoms with Crippen LogP contribution in [0.15, 0.2) is 51.6 Å². The minimum atomic E-state index is -0.159. The first-order valence-corrected chi connectivity index (χ1v) is 10.7. The number of benzene rings is 2. The summed E-state index contributed by atoms with van der Waals surface area (Å²) in [5.41, 5.74) is 10.4. The molecule has 0 saturated carbocycles. The number of allylic oxidation sites excluding steroid dienone is 2. The van der Waals surface area contributed by atoms with Crippen LogP contribution in [0, 0.1) is 12.7 Å². The van der Waals surface area contributed by atoms with Crippen LogP contribution >= 0.6 is 0 Å². The van der Waals surface area contributed by atoms with E-state index in [2.05, 4.69) is 45.9 Å². The van der Waals surface area contributed by atoms with Gasteiger partial charge in [0.2, 0.25) is 0 Å². The number of hydrogen-bond donors (Lipinski definition) is 0. The Bertz CT molecular complexity index is 1030. The van der Waals surface area contributed by atoms with Gasteiger partial charge in [0, 0.05) is 11.3 Å². The van der Waals surface area contributed by atoms with Crippen molar-refractivity contribution in [3.63, 3.8) is 0 Å². The van der Waals surface area contributed by atoms with Gasteiger partial charge in [0.1, 0.15) is 5.82 Å². The zero-order valence-electron chi connectivity index (χ0n) is 18.5. The third-order valence-corrected chi connectivity index (χ3v) is 5.66. The zero-order chi connectivity index (χ0) is 21.1. The number of aliphatic imine (C=N–C) groups is 2. The fraction of sp³-hybridized carbons (Fsp3) is 0.385. The van der Waals surface area contributed by atoms with Crippen LogP contribution in [0.5, 0.6) is 0 Å². The first-order valence-electron chi connectivity index (χ1n) is 10.7. The minimum Gasteiger partial charge on any atom is -0.256 e. The Morgan fingerprint density at radius 2 is 1.79 bits per heavy atom. The lowest BCUT2D eigenvalue weighted by atomic mass is 9.91. The van der Waals surface area contributed by atoms with Crippen LogP contribution in [0.1, 0.15) is 70.6 Å². The van der Waals surface area contributed by atoms with E-state index in [1.165, 1.54) is 11.3 Å². The van der Waals surface area contributed by atoms with Crippen molar-refractivity contribution in [1.29, 1.82) is 0 Å². The quantitative estimate of drug-likeness (QED) is 0.432. The SMILES string of the molecule is CCC/C(C)=C(\CC)N=C(C)C1=Nc2cc(-c3cc(F)c(C)cc3CC)ccc21. The predicted molar refractivity (Wildman–Crippen MR) is 123 cm³/mol. The third-order valence-electron chi connectivity index (χ3n) is 5.66. The molecule has 2 nitrogen and oxygen atoms in total. The van der Waals surface area contributed by atoms with Crippen molar-refractivity contribution in [3.8, 4) is 11.1 Å². The molecule has 0 bridgehead atoms. The highest BCUT2D eigenvalue weighted by Crippen LogP contribution is 2.36. The Morgan fingerprint density at radius 1 is 1.03 bits per heavy atom. The lowest BCUT2D eigenvalue weighted by molar-refractivity contribution is 0.618. The highest BCUT2D eigenvalue weighted by Gasteiger charge is 2.22. The average Bonchev–Trinajstić information content (AvgIpc) is 2.68. The van der Waals surface area contributed by atoms with Crippen molar-refractivity contribution < 1.29 is 4.39 Å². The minimum absolute atomic E-state index is 0.159. The van der Waals surface area contributed by atoms with Crippen molar-refractivity contribution >= 4 is 17.1 Å². The van der Waals surface area contributed by atoms with Gasteiger partial charge < -0.3 is 0 Å². The highest BCUT2D eigenvalue weighted by molar-refractivity contribution is 6.51. The first-order chi connectivity index (χ1) is 13.9. The van der Waals surface area contributed by atoms with E-state index in [1.54, 1.807) is 6.07 Å². The van der Waals surface area contributed by atoms with Gasteiger partial charge in [0.25, 0.3) is 0 Å². The van der Waals surface area contributed by atoms with E-state index in [9.17, 15) is 4.39 Å². The molecule has 1 heterocycles. The van der Waals surface area contributed by atoms with Crippen LogP contribution < -0.4 is 0 Å². The molecular formula is C26H31FN2. The first kappa shape index (κ1) is 21.2. The van der Waals surface area contributed by atoms with Crippen LogP contribution in [-0.4, -0.2) is 11.4 Å². The van der Waals surface area contributed by atoms with E-state index in [0.29, 0.717) is 5.56 Å². The Labute approximate surface area is 174 Å². The van der Waals surface area contributed by atoms with Crippen molar-refractivity contribution in [3.05, 3.63) is 64.1 Å². The average molecular weight is 391 g/mol. The molecule has 2 aromatic carbocycles. The molecule has 0 spiro atoms. The summed E-state index contributed by atoms with van der Waals surface area (Å²) in [7, 11) is 0. The molecular weight excluding hydrogens is 359 g/mol. The molecule has 1 aliphatic heterocycles. The molecule has 3 heteroatoms. The third kappa shape index (κ3) is 4.24. The van der Waals surface area contributed by atoms with Crippen LogP contribution in [0.25, 0.3) is 11.1 Å². The molecule has 29 heavy (non-hydrogen) atoms. The van der Waals surface area contributed by atoms with Crippen LogP contribution in [0.3, 0.4) is 0 Å². The summed E-state index contributed by atoms with van der Waals surface area (Å²) in [6.45, 7) is 12.5. The molecule has 0 atom stereocenters. The van der Waals surface area contributed by atoms with Gasteiger partial charge in [0.05, 0.1) is 17.1 Å². The second kappa shape index (κ2) is 8.86. The lowest BCUT2D eigenvalue weighted by Gasteiger charge is -2.21. The number of fused-ring (bicyclic) bond motifs is 1. The molecule has 0 aliphatic carbocycles. The predicted octanol–water partition coefficient (Wildman–Crippen LogP) is 7.74. The second-order valence-electron chi connectivity index (χ2n) is 7.83. The lowest BCUT2D eigenvalue weighted by Crippen LogP contribution is -2.18. The maximum Gasteiger partial charge on any atom is 0.126 e. The monoisotopic (exact) mass is 390 g/mol. The summed E-state index contributed by atoms with van der Waals surface area (Å²) in [5, 5.41) is 0. The molecule has 0 unspecified atom stereocenters. The Kier molecular flexibility index (Phi) is 6.46. The molecule has 0 aromatic heterocycles. The normalized spacial score (nSPS) is 14.2. The summed E-state index contributed by atoms with van der Waals surface area (Å²) in [6.07, 6.45) is 4.02. The smallest absolute Gasteiger partial charge is 0.126 e. The molecule has 0 radical (unpaired) electrons. The maximum atomic E-state index is 14.2.